The average molecular weight is 510 g/mol. The van der Waals surface area contributed by atoms with E-state index >= 15 is 0 Å². The maximum Gasteiger partial charge on any atom is 0.283 e. The first-order valence-corrected chi connectivity index (χ1v) is 13.5. The molecular weight excluding hydrogens is 477 g/mol. The monoisotopic (exact) mass is 509 g/mol. The Morgan fingerprint density at radius 1 is 1.14 bits per heavy atom. The van der Waals surface area contributed by atoms with E-state index < -0.39 is 0 Å². The maximum atomic E-state index is 13.5. The second kappa shape index (κ2) is 12.2. The molecule has 2 aliphatic rings. The molecule has 1 saturated carbocycles. The molecule has 1 unspecified atom stereocenters. The second-order valence-corrected chi connectivity index (χ2v) is 10.1. The number of aliphatic imine (C=N–C) groups is 1. The molecule has 190 valence electrons. The molecule has 0 bridgehead atoms. The van der Waals surface area contributed by atoms with Gasteiger partial charge in [-0.05, 0) is 74.2 Å². The number of carbonyl (C=O) groups excluding carboxylic acids is 2. The lowest BCUT2D eigenvalue weighted by atomic mass is 9.95. The van der Waals surface area contributed by atoms with Gasteiger partial charge in [0.1, 0.15) is 17.3 Å². The van der Waals surface area contributed by atoms with E-state index in [0.29, 0.717) is 35.2 Å². The smallest absolute Gasteiger partial charge is 0.283 e. The van der Waals surface area contributed by atoms with Crippen LogP contribution in [-0.2, 0) is 9.59 Å². The standard InChI is InChI=1S/C28H32FN3O3S/c1-3-25(26(33)30-21-8-6-5-7-9-21)36-28-31-24(18-19-10-12-20(29)13-11-19)27(34)32(28)22-14-16-23(17-15-22)35-4-2/h10-18,21,25H,3-9H2,1-2H3,(H,30,33). The molecule has 4 rings (SSSR count). The van der Waals surface area contributed by atoms with Gasteiger partial charge in [0.15, 0.2) is 5.17 Å². The maximum absolute atomic E-state index is 13.5. The number of benzene rings is 2. The molecule has 2 aromatic rings. The van der Waals surface area contributed by atoms with Gasteiger partial charge < -0.3 is 10.1 Å². The van der Waals surface area contributed by atoms with E-state index in [2.05, 4.69) is 10.3 Å². The van der Waals surface area contributed by atoms with Gasteiger partial charge in [-0.2, -0.15) is 0 Å². The first-order chi connectivity index (χ1) is 17.5. The molecule has 1 fully saturated rings. The summed E-state index contributed by atoms with van der Waals surface area (Å²) in [6, 6.07) is 13.3. The van der Waals surface area contributed by atoms with E-state index in [1.54, 1.807) is 18.2 Å². The summed E-state index contributed by atoms with van der Waals surface area (Å²) in [6.45, 7) is 4.42. The number of rotatable bonds is 8. The van der Waals surface area contributed by atoms with Crippen LogP contribution >= 0.6 is 11.8 Å². The lowest BCUT2D eigenvalue weighted by molar-refractivity contribution is -0.121. The number of amidine groups is 1. The third-order valence-corrected chi connectivity index (χ3v) is 7.59. The topological polar surface area (TPSA) is 71.0 Å². The number of anilines is 1. The van der Waals surface area contributed by atoms with Crippen LogP contribution in [0.15, 0.2) is 59.2 Å². The van der Waals surface area contributed by atoms with Crippen molar-refractivity contribution in [1.29, 1.82) is 0 Å². The van der Waals surface area contributed by atoms with E-state index in [1.165, 1.54) is 35.2 Å². The normalized spacial score (nSPS) is 18.3. The average Bonchev–Trinajstić information content (AvgIpc) is 3.19. The summed E-state index contributed by atoms with van der Waals surface area (Å²) in [7, 11) is 0. The molecule has 2 amide bonds. The van der Waals surface area contributed by atoms with Gasteiger partial charge in [0.05, 0.1) is 17.5 Å². The van der Waals surface area contributed by atoms with Gasteiger partial charge in [-0.3, -0.25) is 14.5 Å². The number of hydrogen-bond donors (Lipinski definition) is 1. The molecule has 0 radical (unpaired) electrons. The second-order valence-electron chi connectivity index (χ2n) is 8.90. The van der Waals surface area contributed by atoms with Crippen LogP contribution in [0.3, 0.4) is 0 Å². The summed E-state index contributed by atoms with van der Waals surface area (Å²) in [5.74, 6) is 0.0421. The molecular formula is C28H32FN3O3S. The van der Waals surface area contributed by atoms with E-state index in [4.69, 9.17) is 4.74 Å². The first kappa shape index (κ1) is 25.9. The Morgan fingerprint density at radius 3 is 2.47 bits per heavy atom. The van der Waals surface area contributed by atoms with Crippen LogP contribution in [0.4, 0.5) is 10.1 Å². The van der Waals surface area contributed by atoms with Crippen molar-refractivity contribution in [2.24, 2.45) is 4.99 Å². The summed E-state index contributed by atoms with van der Waals surface area (Å²) < 4.78 is 18.9. The number of carbonyl (C=O) groups is 2. The van der Waals surface area contributed by atoms with Crippen molar-refractivity contribution < 1.29 is 18.7 Å². The molecule has 0 aromatic heterocycles. The fraction of sp³-hybridized carbons (Fsp3) is 0.393. The van der Waals surface area contributed by atoms with Crippen LogP contribution in [0.5, 0.6) is 5.75 Å². The molecule has 1 atom stereocenters. The molecule has 6 nitrogen and oxygen atoms in total. The van der Waals surface area contributed by atoms with Gasteiger partial charge in [-0.15, -0.1) is 0 Å². The molecule has 2 aromatic carbocycles. The van der Waals surface area contributed by atoms with Gasteiger partial charge in [0.2, 0.25) is 5.91 Å². The summed E-state index contributed by atoms with van der Waals surface area (Å²) in [5, 5.41) is 3.27. The number of amides is 2. The van der Waals surface area contributed by atoms with Crippen molar-refractivity contribution >= 4 is 40.5 Å². The summed E-state index contributed by atoms with van der Waals surface area (Å²) in [6.07, 6.45) is 7.75. The Morgan fingerprint density at radius 2 is 1.83 bits per heavy atom. The van der Waals surface area contributed by atoms with E-state index in [-0.39, 0.29) is 34.6 Å². The van der Waals surface area contributed by atoms with Crippen molar-refractivity contribution in [3.63, 3.8) is 0 Å². The summed E-state index contributed by atoms with van der Waals surface area (Å²) >= 11 is 1.30. The summed E-state index contributed by atoms with van der Waals surface area (Å²) in [4.78, 5) is 32.8. The fourth-order valence-electron chi connectivity index (χ4n) is 4.37. The predicted octanol–water partition coefficient (Wildman–Crippen LogP) is 5.93. The minimum atomic E-state index is -0.381. The summed E-state index contributed by atoms with van der Waals surface area (Å²) in [5.41, 5.74) is 1.55. The largest absolute Gasteiger partial charge is 0.494 e. The lowest BCUT2D eigenvalue weighted by Crippen LogP contribution is -2.42. The van der Waals surface area contributed by atoms with Crippen LogP contribution in [0.25, 0.3) is 6.08 Å². The van der Waals surface area contributed by atoms with Crippen LogP contribution in [-0.4, -0.2) is 34.9 Å². The lowest BCUT2D eigenvalue weighted by Gasteiger charge is -2.26. The van der Waals surface area contributed by atoms with Gasteiger partial charge in [-0.1, -0.05) is 50.1 Å². The number of ether oxygens (including phenoxy) is 1. The molecule has 1 aliphatic carbocycles. The highest BCUT2D eigenvalue weighted by Gasteiger charge is 2.35. The molecule has 36 heavy (non-hydrogen) atoms. The number of nitrogens with zero attached hydrogens (tertiary/aromatic N) is 2. The van der Waals surface area contributed by atoms with Crippen LogP contribution < -0.4 is 15.0 Å². The highest BCUT2D eigenvalue weighted by Crippen LogP contribution is 2.33. The van der Waals surface area contributed by atoms with Crippen molar-refractivity contribution in [1.82, 2.24) is 5.32 Å². The van der Waals surface area contributed by atoms with Gasteiger partial charge >= 0.3 is 0 Å². The Balaban J connectivity index is 1.60. The predicted molar refractivity (Wildman–Crippen MR) is 144 cm³/mol. The Kier molecular flexibility index (Phi) is 8.80. The van der Waals surface area contributed by atoms with Crippen LogP contribution in [0.2, 0.25) is 0 Å². The molecule has 0 spiro atoms. The highest BCUT2D eigenvalue weighted by molar-refractivity contribution is 8.15. The quantitative estimate of drug-likeness (QED) is 0.448. The fourth-order valence-corrected chi connectivity index (χ4v) is 5.41. The third-order valence-electron chi connectivity index (χ3n) is 6.27. The Hall–Kier alpha value is -3.13. The van der Waals surface area contributed by atoms with Gasteiger partial charge in [0, 0.05) is 6.04 Å². The van der Waals surface area contributed by atoms with Crippen molar-refractivity contribution in [2.45, 2.75) is 63.7 Å². The highest BCUT2D eigenvalue weighted by atomic mass is 32.2. The van der Waals surface area contributed by atoms with Crippen molar-refractivity contribution in [3.8, 4) is 5.75 Å². The first-order valence-electron chi connectivity index (χ1n) is 12.6. The SMILES string of the molecule is CCOc1ccc(N2C(=O)C(=Cc3ccc(F)cc3)N=C2SC(CC)C(=O)NC2CCCCC2)cc1. The Labute approximate surface area is 216 Å². The number of thioether (sulfide) groups is 1. The number of nitrogens with one attached hydrogen (secondary N) is 1. The van der Waals surface area contributed by atoms with Crippen LogP contribution in [0, 0.1) is 5.82 Å². The molecule has 1 aliphatic heterocycles. The molecule has 1 heterocycles. The van der Waals surface area contributed by atoms with Crippen molar-refractivity contribution in [2.75, 3.05) is 11.5 Å². The van der Waals surface area contributed by atoms with Crippen molar-refractivity contribution in [3.05, 3.63) is 65.6 Å². The number of halogens is 1. The van der Waals surface area contributed by atoms with E-state index in [1.807, 2.05) is 38.1 Å². The zero-order chi connectivity index (χ0) is 25.5. The van der Waals surface area contributed by atoms with Gasteiger partial charge in [-0.25, -0.2) is 9.38 Å². The molecule has 8 heteroatoms. The van der Waals surface area contributed by atoms with Gasteiger partial charge in [0.25, 0.3) is 5.91 Å². The number of hydrogen-bond acceptors (Lipinski definition) is 5. The molecule has 0 saturated heterocycles. The zero-order valence-corrected chi connectivity index (χ0v) is 21.5. The zero-order valence-electron chi connectivity index (χ0n) is 20.7. The Bertz CT molecular complexity index is 1130. The van der Waals surface area contributed by atoms with Crippen LogP contribution in [0.1, 0.15) is 57.9 Å². The minimum absolute atomic E-state index is 0.0212. The van der Waals surface area contributed by atoms with E-state index in [9.17, 15) is 14.0 Å². The minimum Gasteiger partial charge on any atom is -0.494 e. The van der Waals surface area contributed by atoms with E-state index in [0.717, 1.165) is 25.7 Å². The molecule has 1 N–H and O–H groups in total. The third kappa shape index (κ3) is 6.35.